The van der Waals surface area contributed by atoms with Crippen LogP contribution in [0.25, 0.3) is 0 Å². The van der Waals surface area contributed by atoms with Crippen molar-refractivity contribution in [3.63, 3.8) is 0 Å². The number of nitrogens with one attached hydrogen (secondary N) is 1. The standard InChI is InChI=1S/C19H19ClFNO5/c1-5-26-18(24)14-9(2)16(22-10(14)3)17(23)11(4)27-19(25)15-12(20)7-6-8-13(15)21/h6-8,11,22H,5H2,1-4H3/t11-/m0/s1. The molecule has 2 rings (SSSR count). The monoisotopic (exact) mass is 395 g/mol. The van der Waals surface area contributed by atoms with Crippen LogP contribution in [0, 0.1) is 19.7 Å². The Kier molecular flexibility index (Phi) is 6.38. The number of carbonyl (C=O) groups excluding carboxylic acids is 3. The van der Waals surface area contributed by atoms with Crippen molar-refractivity contribution in [2.24, 2.45) is 0 Å². The Morgan fingerprint density at radius 3 is 2.44 bits per heavy atom. The number of Topliss-reactive ketones (excluding diaryl/α,β-unsaturated/α-hetero) is 1. The largest absolute Gasteiger partial charge is 0.462 e. The number of ketones is 1. The summed E-state index contributed by atoms with van der Waals surface area (Å²) >= 11 is 5.83. The molecule has 6 nitrogen and oxygen atoms in total. The average Bonchev–Trinajstić information content (AvgIpc) is 2.88. The SMILES string of the molecule is CCOC(=O)c1c(C)[nH]c(C(=O)[C@H](C)OC(=O)c2c(F)cccc2Cl)c1C. The number of H-pyrrole nitrogens is 1. The lowest BCUT2D eigenvalue weighted by Gasteiger charge is -2.13. The molecule has 0 aliphatic carbocycles. The third-order valence-corrected chi connectivity index (χ3v) is 4.30. The molecule has 0 fully saturated rings. The Labute approximate surface area is 160 Å². The number of hydrogen-bond acceptors (Lipinski definition) is 5. The number of esters is 2. The van der Waals surface area contributed by atoms with E-state index in [1.807, 2.05) is 0 Å². The highest BCUT2D eigenvalue weighted by atomic mass is 35.5. The molecule has 144 valence electrons. The Bertz CT molecular complexity index is 885. The highest BCUT2D eigenvalue weighted by Gasteiger charge is 2.29. The lowest BCUT2D eigenvalue weighted by molar-refractivity contribution is 0.0312. The predicted octanol–water partition coefficient (Wildman–Crippen LogP) is 4.03. The highest BCUT2D eigenvalue weighted by Crippen LogP contribution is 2.23. The fourth-order valence-electron chi connectivity index (χ4n) is 2.67. The average molecular weight is 396 g/mol. The molecule has 1 aromatic heterocycles. The second-order valence-electron chi connectivity index (χ2n) is 5.85. The van der Waals surface area contributed by atoms with Gasteiger partial charge in [0.25, 0.3) is 0 Å². The maximum absolute atomic E-state index is 13.8. The Morgan fingerprint density at radius 2 is 1.85 bits per heavy atom. The third-order valence-electron chi connectivity index (χ3n) is 3.98. The molecule has 0 bridgehead atoms. The quantitative estimate of drug-likeness (QED) is 0.589. The zero-order chi connectivity index (χ0) is 20.3. The van der Waals surface area contributed by atoms with E-state index in [9.17, 15) is 18.8 Å². The molecule has 1 heterocycles. The number of ether oxygens (including phenoxy) is 2. The number of aromatic nitrogens is 1. The van der Waals surface area contributed by atoms with Gasteiger partial charge in [0.2, 0.25) is 5.78 Å². The van der Waals surface area contributed by atoms with Crippen LogP contribution in [0.2, 0.25) is 5.02 Å². The summed E-state index contributed by atoms with van der Waals surface area (Å²) in [6.45, 7) is 6.45. The minimum Gasteiger partial charge on any atom is -0.462 e. The molecule has 1 aromatic carbocycles. The molecule has 0 aliphatic heterocycles. The van der Waals surface area contributed by atoms with E-state index in [0.717, 1.165) is 6.07 Å². The van der Waals surface area contributed by atoms with Gasteiger partial charge in [-0.2, -0.15) is 0 Å². The van der Waals surface area contributed by atoms with Crippen LogP contribution in [0.3, 0.4) is 0 Å². The predicted molar refractivity (Wildman–Crippen MR) is 96.8 cm³/mol. The minimum absolute atomic E-state index is 0.115. The summed E-state index contributed by atoms with van der Waals surface area (Å²) in [6, 6.07) is 3.77. The van der Waals surface area contributed by atoms with Gasteiger partial charge >= 0.3 is 11.9 Å². The van der Waals surface area contributed by atoms with Crippen LogP contribution in [0.1, 0.15) is 56.3 Å². The van der Waals surface area contributed by atoms with Crippen LogP contribution in [0.5, 0.6) is 0 Å². The Morgan fingerprint density at radius 1 is 1.19 bits per heavy atom. The number of halogens is 2. The van der Waals surface area contributed by atoms with Crippen LogP contribution < -0.4 is 0 Å². The van der Waals surface area contributed by atoms with Crippen LogP contribution >= 0.6 is 11.6 Å². The summed E-state index contributed by atoms with van der Waals surface area (Å²) in [5.41, 5.74) is 0.796. The van der Waals surface area contributed by atoms with E-state index in [2.05, 4.69) is 4.98 Å². The van der Waals surface area contributed by atoms with Crippen LogP contribution in [0.4, 0.5) is 4.39 Å². The van der Waals surface area contributed by atoms with Gasteiger partial charge in [-0.25, -0.2) is 14.0 Å². The zero-order valence-corrected chi connectivity index (χ0v) is 16.1. The van der Waals surface area contributed by atoms with Gasteiger partial charge in [0.15, 0.2) is 6.10 Å². The molecule has 1 atom stereocenters. The van der Waals surface area contributed by atoms with Crippen molar-refractivity contribution in [3.05, 3.63) is 57.1 Å². The van der Waals surface area contributed by atoms with Crippen LogP contribution in [-0.2, 0) is 9.47 Å². The van der Waals surface area contributed by atoms with Crippen LogP contribution in [-0.4, -0.2) is 35.4 Å². The molecule has 0 saturated carbocycles. The summed E-state index contributed by atoms with van der Waals surface area (Å²) in [6.07, 6.45) is -1.22. The Balaban J connectivity index is 2.24. The van der Waals surface area contributed by atoms with Crippen molar-refractivity contribution >= 4 is 29.3 Å². The molecule has 0 amide bonds. The molecule has 1 N–H and O–H groups in total. The molecule has 0 unspecified atom stereocenters. The zero-order valence-electron chi connectivity index (χ0n) is 15.3. The molecule has 27 heavy (non-hydrogen) atoms. The smallest absolute Gasteiger partial charge is 0.343 e. The number of aryl methyl sites for hydroxylation is 1. The van der Waals surface area contributed by atoms with Crippen molar-refractivity contribution in [2.75, 3.05) is 6.61 Å². The van der Waals surface area contributed by atoms with Crippen molar-refractivity contribution < 1.29 is 28.2 Å². The molecule has 0 saturated heterocycles. The van der Waals surface area contributed by atoms with Crippen LogP contribution in [0.15, 0.2) is 18.2 Å². The van der Waals surface area contributed by atoms with Gasteiger partial charge < -0.3 is 14.5 Å². The first kappa shape index (κ1) is 20.6. The summed E-state index contributed by atoms with van der Waals surface area (Å²) < 4.78 is 23.9. The Hall–Kier alpha value is -2.67. The van der Waals surface area contributed by atoms with Gasteiger partial charge in [0.05, 0.1) is 22.9 Å². The minimum atomic E-state index is -1.22. The first-order valence-electron chi connectivity index (χ1n) is 8.24. The number of rotatable bonds is 6. The fraction of sp³-hybridized carbons (Fsp3) is 0.316. The third kappa shape index (κ3) is 4.19. The summed E-state index contributed by atoms with van der Waals surface area (Å²) in [5.74, 6) is -3.01. The first-order valence-corrected chi connectivity index (χ1v) is 8.62. The molecule has 8 heteroatoms. The summed E-state index contributed by atoms with van der Waals surface area (Å²) in [5, 5.41) is -0.115. The maximum atomic E-state index is 13.8. The lowest BCUT2D eigenvalue weighted by atomic mass is 10.1. The van der Waals surface area contributed by atoms with Crippen molar-refractivity contribution in [2.45, 2.75) is 33.8 Å². The van der Waals surface area contributed by atoms with E-state index >= 15 is 0 Å². The van der Waals surface area contributed by atoms with Gasteiger partial charge in [-0.1, -0.05) is 17.7 Å². The lowest BCUT2D eigenvalue weighted by Crippen LogP contribution is -2.26. The van der Waals surface area contributed by atoms with Gasteiger partial charge in [0, 0.05) is 5.69 Å². The van der Waals surface area contributed by atoms with E-state index < -0.39 is 35.2 Å². The van der Waals surface area contributed by atoms with E-state index in [4.69, 9.17) is 21.1 Å². The van der Waals surface area contributed by atoms with E-state index in [0.29, 0.717) is 11.3 Å². The van der Waals surface area contributed by atoms with Crippen molar-refractivity contribution in [1.29, 1.82) is 0 Å². The highest BCUT2D eigenvalue weighted by molar-refractivity contribution is 6.33. The van der Waals surface area contributed by atoms with Gasteiger partial charge in [-0.15, -0.1) is 0 Å². The summed E-state index contributed by atoms with van der Waals surface area (Å²) in [7, 11) is 0. The molecular weight excluding hydrogens is 377 g/mol. The number of benzene rings is 1. The fourth-order valence-corrected chi connectivity index (χ4v) is 2.92. The second kappa shape index (κ2) is 8.35. The molecule has 0 aliphatic rings. The normalized spacial score (nSPS) is 11.8. The molecular formula is C19H19ClFNO5. The molecule has 0 radical (unpaired) electrons. The van der Waals surface area contributed by atoms with E-state index in [1.165, 1.54) is 19.1 Å². The number of carbonyl (C=O) groups is 3. The number of hydrogen-bond donors (Lipinski definition) is 1. The second-order valence-corrected chi connectivity index (χ2v) is 6.26. The first-order chi connectivity index (χ1) is 12.7. The van der Waals surface area contributed by atoms with Crippen molar-refractivity contribution in [1.82, 2.24) is 4.98 Å². The molecule has 2 aromatic rings. The van der Waals surface area contributed by atoms with Gasteiger partial charge in [-0.3, -0.25) is 4.79 Å². The van der Waals surface area contributed by atoms with Crippen molar-refractivity contribution in [3.8, 4) is 0 Å². The van der Waals surface area contributed by atoms with E-state index in [1.54, 1.807) is 20.8 Å². The molecule has 0 spiro atoms. The topological polar surface area (TPSA) is 85.5 Å². The maximum Gasteiger partial charge on any atom is 0.343 e. The van der Waals surface area contributed by atoms with E-state index in [-0.39, 0.29) is 22.9 Å². The summed E-state index contributed by atoms with van der Waals surface area (Å²) in [4.78, 5) is 39.7. The van der Waals surface area contributed by atoms with Gasteiger partial charge in [-0.05, 0) is 45.4 Å². The van der Waals surface area contributed by atoms with Gasteiger partial charge in [0.1, 0.15) is 11.4 Å². The number of aromatic amines is 1.